The molecular weight excluding hydrogens is 188 g/mol. The minimum atomic E-state index is -0.658. The molecule has 0 aromatic heterocycles. The summed E-state index contributed by atoms with van der Waals surface area (Å²) in [5.41, 5.74) is 1.64. The summed E-state index contributed by atoms with van der Waals surface area (Å²) in [6.07, 6.45) is 3.52. The van der Waals surface area contributed by atoms with Crippen molar-refractivity contribution in [2.45, 2.75) is 38.0 Å². The Morgan fingerprint density at radius 2 is 2.07 bits per heavy atom. The van der Waals surface area contributed by atoms with E-state index in [1.807, 2.05) is 24.3 Å². The Labute approximate surface area is 89.9 Å². The second kappa shape index (κ2) is 3.69. The highest BCUT2D eigenvalue weighted by molar-refractivity contribution is 5.83. The van der Waals surface area contributed by atoms with E-state index in [-0.39, 0.29) is 0 Å². The molecular formula is C13H16O2. The first-order valence-corrected chi connectivity index (χ1v) is 5.52. The number of carboxylic acid groups (broad SMARTS) is 1. The predicted molar refractivity (Wildman–Crippen MR) is 59.0 cm³/mol. The van der Waals surface area contributed by atoms with Gasteiger partial charge in [-0.15, -0.1) is 0 Å². The summed E-state index contributed by atoms with van der Waals surface area (Å²) in [6.45, 7) is 2.08. The largest absolute Gasteiger partial charge is 0.481 e. The Hall–Kier alpha value is -1.31. The van der Waals surface area contributed by atoms with Gasteiger partial charge in [0.1, 0.15) is 0 Å². The first kappa shape index (κ1) is 10.2. The fraction of sp³-hybridized carbons (Fsp3) is 0.462. The Balaban J connectivity index is 2.47. The predicted octanol–water partition coefficient (Wildman–Crippen LogP) is 2.76. The zero-order valence-corrected chi connectivity index (χ0v) is 8.99. The van der Waals surface area contributed by atoms with Crippen LogP contribution in [0.1, 0.15) is 37.3 Å². The van der Waals surface area contributed by atoms with Crippen molar-refractivity contribution in [2.75, 3.05) is 0 Å². The molecule has 0 aliphatic heterocycles. The SMILES string of the molecule is CCc1ccccc1C1(C(=O)O)CCC1. The number of rotatable bonds is 3. The van der Waals surface area contributed by atoms with Crippen LogP contribution in [0.5, 0.6) is 0 Å². The normalized spacial score (nSPS) is 18.2. The van der Waals surface area contributed by atoms with E-state index >= 15 is 0 Å². The highest BCUT2D eigenvalue weighted by Crippen LogP contribution is 2.45. The van der Waals surface area contributed by atoms with Crippen molar-refractivity contribution >= 4 is 5.97 Å². The van der Waals surface area contributed by atoms with Crippen LogP contribution in [-0.4, -0.2) is 11.1 Å². The van der Waals surface area contributed by atoms with Crippen molar-refractivity contribution in [2.24, 2.45) is 0 Å². The lowest BCUT2D eigenvalue weighted by atomic mass is 9.63. The Kier molecular flexibility index (Phi) is 2.51. The molecule has 0 radical (unpaired) electrons. The lowest BCUT2D eigenvalue weighted by molar-refractivity contribution is -0.147. The maximum atomic E-state index is 11.4. The van der Waals surface area contributed by atoms with Gasteiger partial charge in [0.05, 0.1) is 5.41 Å². The van der Waals surface area contributed by atoms with Gasteiger partial charge in [-0.3, -0.25) is 4.79 Å². The topological polar surface area (TPSA) is 37.3 Å². The van der Waals surface area contributed by atoms with Gasteiger partial charge in [0.2, 0.25) is 0 Å². The monoisotopic (exact) mass is 204 g/mol. The summed E-state index contributed by atoms with van der Waals surface area (Å²) in [4.78, 5) is 11.4. The third kappa shape index (κ3) is 1.44. The number of aliphatic carboxylic acids is 1. The molecule has 1 aromatic carbocycles. The van der Waals surface area contributed by atoms with Crippen LogP contribution in [0.2, 0.25) is 0 Å². The first-order chi connectivity index (χ1) is 7.20. The fourth-order valence-corrected chi connectivity index (χ4v) is 2.42. The van der Waals surface area contributed by atoms with Gasteiger partial charge in [0.25, 0.3) is 0 Å². The molecule has 1 N–H and O–H groups in total. The molecule has 0 spiro atoms. The highest BCUT2D eigenvalue weighted by atomic mass is 16.4. The van der Waals surface area contributed by atoms with Gasteiger partial charge >= 0.3 is 5.97 Å². The van der Waals surface area contributed by atoms with Crippen molar-refractivity contribution < 1.29 is 9.90 Å². The van der Waals surface area contributed by atoms with Crippen molar-refractivity contribution in [3.8, 4) is 0 Å². The van der Waals surface area contributed by atoms with E-state index in [1.54, 1.807) is 0 Å². The van der Waals surface area contributed by atoms with E-state index in [4.69, 9.17) is 0 Å². The molecule has 80 valence electrons. The molecule has 0 atom stereocenters. The van der Waals surface area contributed by atoms with Gasteiger partial charge in [0.15, 0.2) is 0 Å². The van der Waals surface area contributed by atoms with Gasteiger partial charge in [-0.1, -0.05) is 37.6 Å². The van der Waals surface area contributed by atoms with Crippen LogP contribution in [0.3, 0.4) is 0 Å². The smallest absolute Gasteiger partial charge is 0.314 e. The molecule has 0 saturated heterocycles. The maximum absolute atomic E-state index is 11.4. The highest BCUT2D eigenvalue weighted by Gasteiger charge is 2.46. The van der Waals surface area contributed by atoms with E-state index in [0.717, 1.165) is 31.2 Å². The van der Waals surface area contributed by atoms with Crippen molar-refractivity contribution in [1.82, 2.24) is 0 Å². The summed E-state index contributed by atoms with van der Waals surface area (Å²) in [6, 6.07) is 7.94. The van der Waals surface area contributed by atoms with E-state index < -0.39 is 11.4 Å². The third-order valence-electron chi connectivity index (χ3n) is 3.53. The number of hydrogen-bond donors (Lipinski definition) is 1. The summed E-state index contributed by atoms with van der Waals surface area (Å²) in [7, 11) is 0. The van der Waals surface area contributed by atoms with Crippen LogP contribution in [-0.2, 0) is 16.6 Å². The molecule has 1 aliphatic carbocycles. The van der Waals surface area contributed by atoms with Crippen molar-refractivity contribution in [3.63, 3.8) is 0 Å². The van der Waals surface area contributed by atoms with Gasteiger partial charge < -0.3 is 5.11 Å². The molecule has 0 bridgehead atoms. The summed E-state index contributed by atoms with van der Waals surface area (Å²) in [5.74, 6) is -0.658. The maximum Gasteiger partial charge on any atom is 0.314 e. The molecule has 0 unspecified atom stereocenters. The molecule has 0 heterocycles. The molecule has 1 saturated carbocycles. The van der Waals surface area contributed by atoms with Gasteiger partial charge in [0, 0.05) is 0 Å². The zero-order valence-electron chi connectivity index (χ0n) is 8.99. The van der Waals surface area contributed by atoms with Crippen LogP contribution < -0.4 is 0 Å². The lowest BCUT2D eigenvalue weighted by Gasteiger charge is -2.39. The van der Waals surface area contributed by atoms with Gasteiger partial charge in [-0.25, -0.2) is 0 Å². The van der Waals surface area contributed by atoms with E-state index in [0.29, 0.717) is 0 Å². The quantitative estimate of drug-likeness (QED) is 0.822. The number of benzene rings is 1. The zero-order chi connectivity index (χ0) is 10.9. The van der Waals surface area contributed by atoms with Crippen molar-refractivity contribution in [1.29, 1.82) is 0 Å². The molecule has 1 aliphatic rings. The van der Waals surface area contributed by atoms with Gasteiger partial charge in [-0.2, -0.15) is 0 Å². The lowest BCUT2D eigenvalue weighted by Crippen LogP contribution is -2.43. The summed E-state index contributed by atoms with van der Waals surface area (Å²) in [5, 5.41) is 9.36. The Morgan fingerprint density at radius 3 is 2.53 bits per heavy atom. The van der Waals surface area contributed by atoms with E-state index in [2.05, 4.69) is 6.92 Å². The average molecular weight is 204 g/mol. The Bertz CT molecular complexity index is 378. The molecule has 1 aromatic rings. The molecule has 2 rings (SSSR count). The molecule has 2 heteroatoms. The van der Waals surface area contributed by atoms with Crippen LogP contribution in [0.4, 0.5) is 0 Å². The molecule has 2 nitrogen and oxygen atoms in total. The summed E-state index contributed by atoms with van der Waals surface area (Å²) < 4.78 is 0. The number of carbonyl (C=O) groups is 1. The average Bonchev–Trinajstić information content (AvgIpc) is 2.16. The molecule has 1 fully saturated rings. The van der Waals surface area contributed by atoms with E-state index in [9.17, 15) is 9.90 Å². The van der Waals surface area contributed by atoms with Crippen LogP contribution >= 0.6 is 0 Å². The standard InChI is InChI=1S/C13H16O2/c1-2-10-6-3-4-7-11(10)13(12(14)15)8-5-9-13/h3-4,6-7H,2,5,8-9H2,1H3,(H,14,15). The third-order valence-corrected chi connectivity index (χ3v) is 3.53. The minimum absolute atomic E-state index is 0.577. The fourth-order valence-electron chi connectivity index (χ4n) is 2.42. The summed E-state index contributed by atoms with van der Waals surface area (Å²) >= 11 is 0. The molecule has 15 heavy (non-hydrogen) atoms. The Morgan fingerprint density at radius 1 is 1.40 bits per heavy atom. The molecule has 0 amide bonds. The van der Waals surface area contributed by atoms with Gasteiger partial charge in [-0.05, 0) is 30.4 Å². The second-order valence-corrected chi connectivity index (χ2v) is 4.25. The number of hydrogen-bond acceptors (Lipinski definition) is 1. The second-order valence-electron chi connectivity index (χ2n) is 4.25. The van der Waals surface area contributed by atoms with Crippen molar-refractivity contribution in [3.05, 3.63) is 35.4 Å². The first-order valence-electron chi connectivity index (χ1n) is 5.52. The number of aryl methyl sites for hydroxylation is 1. The van der Waals surface area contributed by atoms with E-state index in [1.165, 1.54) is 5.56 Å². The van der Waals surface area contributed by atoms with Crippen LogP contribution in [0, 0.1) is 0 Å². The van der Waals surface area contributed by atoms with Crippen LogP contribution in [0.15, 0.2) is 24.3 Å². The van der Waals surface area contributed by atoms with Crippen LogP contribution in [0.25, 0.3) is 0 Å². The number of carboxylic acids is 1. The minimum Gasteiger partial charge on any atom is -0.481 e.